The van der Waals surface area contributed by atoms with Crippen molar-refractivity contribution >= 4 is 15.9 Å². The van der Waals surface area contributed by atoms with Crippen LogP contribution >= 0.6 is 15.9 Å². The van der Waals surface area contributed by atoms with Crippen molar-refractivity contribution < 1.29 is 4.52 Å². The first kappa shape index (κ1) is 11.9. The van der Waals surface area contributed by atoms with Gasteiger partial charge in [0.05, 0.1) is 6.04 Å². The van der Waals surface area contributed by atoms with E-state index in [1.54, 1.807) is 0 Å². The molecule has 2 aromatic rings. The van der Waals surface area contributed by atoms with Crippen LogP contribution in [0.4, 0.5) is 0 Å². The topological polar surface area (TPSA) is 51.0 Å². The van der Waals surface area contributed by atoms with Gasteiger partial charge >= 0.3 is 0 Å². The summed E-state index contributed by atoms with van der Waals surface area (Å²) in [5, 5.41) is 7.50. The van der Waals surface area contributed by atoms with E-state index in [2.05, 4.69) is 31.4 Å². The van der Waals surface area contributed by atoms with E-state index in [-0.39, 0.29) is 6.04 Å². The Labute approximate surface area is 114 Å². The Morgan fingerprint density at radius 3 is 2.78 bits per heavy atom. The first-order chi connectivity index (χ1) is 8.83. The van der Waals surface area contributed by atoms with E-state index in [1.807, 2.05) is 24.3 Å². The average Bonchev–Trinajstić information content (AvgIpc) is 2.90. The lowest BCUT2D eigenvalue weighted by Crippen LogP contribution is -2.27. The van der Waals surface area contributed by atoms with Crippen molar-refractivity contribution in [2.24, 2.45) is 0 Å². The first-order valence-electron chi connectivity index (χ1n) is 6.16. The molecule has 1 atom stereocenters. The van der Waals surface area contributed by atoms with Gasteiger partial charge in [-0.1, -0.05) is 27.5 Å². The predicted molar refractivity (Wildman–Crippen MR) is 72.0 cm³/mol. The van der Waals surface area contributed by atoms with Crippen LogP contribution < -0.4 is 5.32 Å². The molecule has 0 radical (unpaired) electrons. The maximum atomic E-state index is 5.33. The molecule has 18 heavy (non-hydrogen) atoms. The van der Waals surface area contributed by atoms with Crippen molar-refractivity contribution in [3.05, 3.63) is 34.6 Å². The number of nitrogens with one attached hydrogen (secondary N) is 1. The van der Waals surface area contributed by atoms with Gasteiger partial charge in [0.15, 0.2) is 5.82 Å². The van der Waals surface area contributed by atoms with E-state index < -0.39 is 0 Å². The Hall–Kier alpha value is -1.20. The zero-order valence-electron chi connectivity index (χ0n) is 9.90. The molecule has 0 saturated carbocycles. The lowest BCUT2D eigenvalue weighted by atomic mass is 10.0. The highest BCUT2D eigenvalue weighted by atomic mass is 79.9. The van der Waals surface area contributed by atoms with E-state index in [9.17, 15) is 0 Å². The van der Waals surface area contributed by atoms with E-state index >= 15 is 0 Å². The quantitative estimate of drug-likeness (QED) is 0.924. The van der Waals surface area contributed by atoms with Gasteiger partial charge in [-0.15, -0.1) is 0 Å². The van der Waals surface area contributed by atoms with Crippen molar-refractivity contribution in [1.29, 1.82) is 0 Å². The molecule has 0 amide bonds. The number of benzene rings is 1. The molecular weight excluding hydrogens is 294 g/mol. The number of halogens is 1. The SMILES string of the molecule is Brc1ccc(-c2nc([C@@H]3CCCCN3)no2)cc1. The van der Waals surface area contributed by atoms with Crippen LogP contribution in [0.1, 0.15) is 31.1 Å². The first-order valence-corrected chi connectivity index (χ1v) is 6.95. The van der Waals surface area contributed by atoms with Crippen molar-refractivity contribution in [2.45, 2.75) is 25.3 Å². The van der Waals surface area contributed by atoms with Crippen molar-refractivity contribution in [2.75, 3.05) is 6.54 Å². The molecule has 0 spiro atoms. The Bertz CT molecular complexity index is 517. The second-order valence-electron chi connectivity index (χ2n) is 4.47. The molecule has 1 aromatic heterocycles. The maximum Gasteiger partial charge on any atom is 0.257 e. The van der Waals surface area contributed by atoms with Crippen molar-refractivity contribution in [3.8, 4) is 11.5 Å². The molecule has 0 aliphatic carbocycles. The Morgan fingerprint density at radius 2 is 2.06 bits per heavy atom. The largest absolute Gasteiger partial charge is 0.334 e. The molecule has 1 aliphatic rings. The van der Waals surface area contributed by atoms with Gasteiger partial charge < -0.3 is 9.84 Å². The van der Waals surface area contributed by atoms with Crippen LogP contribution in [0, 0.1) is 0 Å². The van der Waals surface area contributed by atoms with Crippen LogP contribution in [0.2, 0.25) is 0 Å². The van der Waals surface area contributed by atoms with Gasteiger partial charge in [-0.3, -0.25) is 0 Å². The minimum Gasteiger partial charge on any atom is -0.334 e. The number of piperidine rings is 1. The number of aromatic nitrogens is 2. The molecule has 3 rings (SSSR count). The van der Waals surface area contributed by atoms with Gasteiger partial charge in [-0.25, -0.2) is 0 Å². The summed E-state index contributed by atoms with van der Waals surface area (Å²) in [6.07, 6.45) is 3.53. The van der Waals surface area contributed by atoms with Crippen molar-refractivity contribution in [1.82, 2.24) is 15.5 Å². The van der Waals surface area contributed by atoms with Crippen LogP contribution in [-0.2, 0) is 0 Å². The Morgan fingerprint density at radius 1 is 1.22 bits per heavy atom. The van der Waals surface area contributed by atoms with Gasteiger partial charge in [-0.2, -0.15) is 4.98 Å². The van der Waals surface area contributed by atoms with E-state index in [0.717, 1.165) is 28.8 Å². The molecular formula is C13H14BrN3O. The van der Waals surface area contributed by atoms with Crippen LogP contribution in [-0.4, -0.2) is 16.7 Å². The van der Waals surface area contributed by atoms with Crippen molar-refractivity contribution in [3.63, 3.8) is 0 Å². The fraction of sp³-hybridized carbons (Fsp3) is 0.385. The number of hydrogen-bond acceptors (Lipinski definition) is 4. The lowest BCUT2D eigenvalue weighted by Gasteiger charge is -2.19. The summed E-state index contributed by atoms with van der Waals surface area (Å²) in [6, 6.07) is 8.12. The molecule has 94 valence electrons. The fourth-order valence-corrected chi connectivity index (χ4v) is 2.42. The van der Waals surface area contributed by atoms with E-state index in [0.29, 0.717) is 5.89 Å². The third-order valence-electron chi connectivity index (χ3n) is 3.15. The summed E-state index contributed by atoms with van der Waals surface area (Å²) >= 11 is 3.41. The van der Waals surface area contributed by atoms with Crippen LogP contribution in [0.15, 0.2) is 33.3 Å². The minimum atomic E-state index is 0.242. The fourth-order valence-electron chi connectivity index (χ4n) is 2.16. The molecule has 5 heteroatoms. The van der Waals surface area contributed by atoms with Gasteiger partial charge in [0.1, 0.15) is 0 Å². The zero-order valence-corrected chi connectivity index (χ0v) is 11.5. The molecule has 1 aliphatic heterocycles. The summed E-state index contributed by atoms with van der Waals surface area (Å²) in [6.45, 7) is 1.03. The summed E-state index contributed by atoms with van der Waals surface area (Å²) in [5.41, 5.74) is 0.952. The average molecular weight is 308 g/mol. The Kier molecular flexibility index (Phi) is 3.43. The number of hydrogen-bond donors (Lipinski definition) is 1. The molecule has 0 bridgehead atoms. The normalized spacial score (nSPS) is 19.9. The van der Waals surface area contributed by atoms with Gasteiger partial charge in [0.2, 0.25) is 0 Å². The maximum absolute atomic E-state index is 5.33. The second-order valence-corrected chi connectivity index (χ2v) is 5.38. The summed E-state index contributed by atoms with van der Waals surface area (Å²) < 4.78 is 6.37. The monoisotopic (exact) mass is 307 g/mol. The van der Waals surface area contributed by atoms with E-state index in [4.69, 9.17) is 4.52 Å². The van der Waals surface area contributed by atoms with Crippen LogP contribution in [0.5, 0.6) is 0 Å². The summed E-state index contributed by atoms with van der Waals surface area (Å²) in [4.78, 5) is 4.48. The smallest absolute Gasteiger partial charge is 0.257 e. The number of nitrogens with zero attached hydrogens (tertiary/aromatic N) is 2. The molecule has 1 fully saturated rings. The minimum absolute atomic E-state index is 0.242. The van der Waals surface area contributed by atoms with Crippen LogP contribution in [0.25, 0.3) is 11.5 Å². The molecule has 4 nitrogen and oxygen atoms in total. The summed E-state index contributed by atoms with van der Waals surface area (Å²) in [7, 11) is 0. The molecule has 0 unspecified atom stereocenters. The van der Waals surface area contributed by atoms with Gasteiger partial charge in [-0.05, 0) is 43.7 Å². The third kappa shape index (κ3) is 2.47. The van der Waals surface area contributed by atoms with Gasteiger partial charge in [0.25, 0.3) is 5.89 Å². The molecule has 1 saturated heterocycles. The molecule has 1 aromatic carbocycles. The molecule has 2 heterocycles. The third-order valence-corrected chi connectivity index (χ3v) is 3.68. The lowest BCUT2D eigenvalue weighted by molar-refractivity contribution is 0.367. The zero-order chi connectivity index (χ0) is 12.4. The highest BCUT2D eigenvalue weighted by molar-refractivity contribution is 9.10. The Balaban J connectivity index is 1.82. The summed E-state index contributed by atoms with van der Waals surface area (Å²) in [5.74, 6) is 1.36. The highest BCUT2D eigenvalue weighted by Gasteiger charge is 2.20. The van der Waals surface area contributed by atoms with E-state index in [1.165, 1.54) is 12.8 Å². The second kappa shape index (κ2) is 5.20. The van der Waals surface area contributed by atoms with Gasteiger partial charge in [0, 0.05) is 10.0 Å². The van der Waals surface area contributed by atoms with Crippen LogP contribution in [0.3, 0.4) is 0 Å². The highest BCUT2D eigenvalue weighted by Crippen LogP contribution is 2.24. The number of rotatable bonds is 2. The molecule has 1 N–H and O–H groups in total. The predicted octanol–water partition coefficient (Wildman–Crippen LogP) is 3.31. The standard InChI is InChI=1S/C13H14BrN3O/c14-10-6-4-9(5-7-10)13-16-12(17-18-13)11-3-1-2-8-15-11/h4-7,11,15H,1-3,8H2/t11-/m0/s1.